The van der Waals surface area contributed by atoms with Crippen molar-refractivity contribution in [1.82, 2.24) is 4.90 Å². The fourth-order valence-corrected chi connectivity index (χ4v) is 1.63. The molecular formula is C7H13F2N. The smallest absolute Gasteiger partial charge is 0.260 e. The van der Waals surface area contributed by atoms with Crippen molar-refractivity contribution in [3.8, 4) is 0 Å². The van der Waals surface area contributed by atoms with Crippen LogP contribution in [0.15, 0.2) is 0 Å². The van der Waals surface area contributed by atoms with Crippen LogP contribution in [0.25, 0.3) is 0 Å². The first-order valence-electron chi connectivity index (χ1n) is 3.56. The Labute approximate surface area is 60.0 Å². The average molecular weight is 149 g/mol. The van der Waals surface area contributed by atoms with E-state index in [2.05, 4.69) is 0 Å². The molecule has 0 radical (unpaired) electrons. The third-order valence-electron chi connectivity index (χ3n) is 1.77. The minimum absolute atomic E-state index is 0.0529. The highest BCUT2D eigenvalue weighted by molar-refractivity contribution is 4.80. The van der Waals surface area contributed by atoms with Crippen molar-refractivity contribution in [1.29, 1.82) is 0 Å². The van der Waals surface area contributed by atoms with Gasteiger partial charge in [0.05, 0.1) is 6.54 Å². The van der Waals surface area contributed by atoms with Crippen molar-refractivity contribution in [3.63, 3.8) is 0 Å². The van der Waals surface area contributed by atoms with E-state index >= 15 is 0 Å². The zero-order valence-electron chi connectivity index (χ0n) is 6.40. The van der Waals surface area contributed by atoms with Gasteiger partial charge in [0.1, 0.15) is 0 Å². The minimum atomic E-state index is -2.45. The normalized spacial score (nSPS) is 34.2. The monoisotopic (exact) mass is 149 g/mol. The maximum Gasteiger partial charge on any atom is 0.260 e. The average Bonchev–Trinajstić information content (AvgIpc) is 1.54. The Balaban J connectivity index is 2.51. The summed E-state index contributed by atoms with van der Waals surface area (Å²) in [4.78, 5) is 1.69. The second kappa shape index (κ2) is 2.46. The van der Waals surface area contributed by atoms with Gasteiger partial charge in [-0.2, -0.15) is 0 Å². The van der Waals surface area contributed by atoms with Gasteiger partial charge in [0.2, 0.25) is 0 Å². The standard InChI is InChI=1S/C7H13F2N/c1-6-3-7(8,9)5-10(2)4-6/h6H,3-5H2,1-2H3/t6-/m0/s1. The number of halogens is 2. The van der Waals surface area contributed by atoms with Crippen LogP contribution in [0.3, 0.4) is 0 Å². The van der Waals surface area contributed by atoms with E-state index in [1.54, 1.807) is 11.9 Å². The number of nitrogens with zero attached hydrogens (tertiary/aromatic N) is 1. The number of hydrogen-bond donors (Lipinski definition) is 0. The van der Waals surface area contributed by atoms with E-state index in [0.29, 0.717) is 0 Å². The van der Waals surface area contributed by atoms with Crippen LogP contribution in [0.2, 0.25) is 0 Å². The summed E-state index contributed by atoms with van der Waals surface area (Å²) in [6.45, 7) is 2.59. The van der Waals surface area contributed by atoms with Crippen molar-refractivity contribution < 1.29 is 8.78 Å². The molecule has 0 bridgehead atoms. The molecule has 10 heavy (non-hydrogen) atoms. The van der Waals surface area contributed by atoms with Gasteiger partial charge >= 0.3 is 0 Å². The van der Waals surface area contributed by atoms with Crippen LogP contribution in [0.4, 0.5) is 8.78 Å². The summed E-state index contributed by atoms with van der Waals surface area (Å²) in [5.74, 6) is -2.32. The Morgan fingerprint density at radius 3 is 2.50 bits per heavy atom. The van der Waals surface area contributed by atoms with Gasteiger partial charge in [0.15, 0.2) is 0 Å². The lowest BCUT2D eigenvalue weighted by atomic mass is 9.98. The van der Waals surface area contributed by atoms with E-state index < -0.39 is 5.92 Å². The van der Waals surface area contributed by atoms with E-state index in [1.165, 1.54) is 0 Å². The summed E-state index contributed by atoms with van der Waals surface area (Å²) in [6, 6.07) is 0. The van der Waals surface area contributed by atoms with Crippen LogP contribution < -0.4 is 0 Å². The molecule has 1 heterocycles. The molecule has 0 aromatic heterocycles. The van der Waals surface area contributed by atoms with E-state index in [4.69, 9.17) is 0 Å². The fraction of sp³-hybridized carbons (Fsp3) is 1.00. The van der Waals surface area contributed by atoms with Crippen LogP contribution in [-0.4, -0.2) is 31.0 Å². The van der Waals surface area contributed by atoms with Crippen LogP contribution in [0.5, 0.6) is 0 Å². The first-order chi connectivity index (χ1) is 4.49. The van der Waals surface area contributed by atoms with Gasteiger partial charge in [-0.05, 0) is 13.0 Å². The SMILES string of the molecule is C[C@@H]1CN(C)CC(F)(F)C1. The topological polar surface area (TPSA) is 3.24 Å². The Morgan fingerprint density at radius 2 is 2.10 bits per heavy atom. The van der Waals surface area contributed by atoms with Crippen molar-refractivity contribution in [2.24, 2.45) is 5.92 Å². The van der Waals surface area contributed by atoms with Gasteiger partial charge in [0.25, 0.3) is 5.92 Å². The highest BCUT2D eigenvalue weighted by Gasteiger charge is 2.36. The second-order valence-electron chi connectivity index (χ2n) is 3.36. The van der Waals surface area contributed by atoms with Gasteiger partial charge < -0.3 is 4.90 Å². The lowest BCUT2D eigenvalue weighted by molar-refractivity contribution is -0.0745. The number of rotatable bonds is 0. The molecule has 1 nitrogen and oxygen atoms in total. The predicted octanol–water partition coefficient (Wildman–Crippen LogP) is 1.59. The van der Waals surface area contributed by atoms with Gasteiger partial charge in [-0.1, -0.05) is 6.92 Å². The largest absolute Gasteiger partial charge is 0.300 e. The minimum Gasteiger partial charge on any atom is -0.300 e. The third-order valence-corrected chi connectivity index (χ3v) is 1.77. The summed E-state index contributed by atoms with van der Waals surface area (Å²) in [6.07, 6.45) is 0.0529. The highest BCUT2D eigenvalue weighted by Crippen LogP contribution is 2.28. The molecule has 1 saturated heterocycles. The maximum absolute atomic E-state index is 12.7. The molecule has 0 aliphatic carbocycles. The summed E-state index contributed by atoms with van der Waals surface area (Å²) < 4.78 is 25.3. The van der Waals surface area contributed by atoms with Crippen LogP contribution in [0, 0.1) is 5.92 Å². The highest BCUT2D eigenvalue weighted by atomic mass is 19.3. The summed E-state index contributed by atoms with van der Waals surface area (Å²) in [7, 11) is 1.74. The molecule has 0 unspecified atom stereocenters. The van der Waals surface area contributed by atoms with Crippen LogP contribution >= 0.6 is 0 Å². The van der Waals surface area contributed by atoms with E-state index in [-0.39, 0.29) is 18.9 Å². The Hall–Kier alpha value is -0.180. The molecule has 0 amide bonds. The molecule has 1 aliphatic rings. The number of likely N-dealkylation sites (tertiary alicyclic amines) is 1. The van der Waals surface area contributed by atoms with Gasteiger partial charge in [-0.3, -0.25) is 0 Å². The van der Waals surface area contributed by atoms with Crippen LogP contribution in [0.1, 0.15) is 13.3 Å². The van der Waals surface area contributed by atoms with E-state index in [0.717, 1.165) is 6.54 Å². The molecule has 0 N–H and O–H groups in total. The Bertz CT molecular complexity index is 113. The lowest BCUT2D eigenvalue weighted by Gasteiger charge is -2.33. The summed E-state index contributed by atoms with van der Waals surface area (Å²) in [5.41, 5.74) is 0. The first-order valence-corrected chi connectivity index (χ1v) is 3.56. The molecule has 1 rings (SSSR count). The molecule has 0 spiro atoms. The summed E-state index contributed by atoms with van der Waals surface area (Å²) in [5, 5.41) is 0. The molecule has 1 fully saturated rings. The van der Waals surface area contributed by atoms with Crippen molar-refractivity contribution >= 4 is 0 Å². The molecule has 0 aromatic carbocycles. The molecule has 0 saturated carbocycles. The molecule has 60 valence electrons. The molecule has 1 aliphatic heterocycles. The van der Waals surface area contributed by atoms with Gasteiger partial charge in [-0.25, -0.2) is 8.78 Å². The molecule has 0 aromatic rings. The third kappa shape index (κ3) is 1.90. The molecule has 3 heteroatoms. The van der Waals surface area contributed by atoms with Crippen molar-refractivity contribution in [3.05, 3.63) is 0 Å². The number of hydrogen-bond acceptors (Lipinski definition) is 1. The first kappa shape index (κ1) is 7.92. The van der Waals surface area contributed by atoms with E-state index in [9.17, 15) is 8.78 Å². The van der Waals surface area contributed by atoms with Crippen LogP contribution in [-0.2, 0) is 0 Å². The number of piperidine rings is 1. The Kier molecular flexibility index (Phi) is 1.95. The zero-order valence-corrected chi connectivity index (χ0v) is 6.40. The van der Waals surface area contributed by atoms with Crippen molar-refractivity contribution in [2.45, 2.75) is 19.3 Å². The second-order valence-corrected chi connectivity index (χ2v) is 3.36. The molecular weight excluding hydrogens is 136 g/mol. The summed E-state index contributed by atoms with van der Waals surface area (Å²) >= 11 is 0. The lowest BCUT2D eigenvalue weighted by Crippen LogP contribution is -2.44. The quantitative estimate of drug-likeness (QED) is 0.505. The van der Waals surface area contributed by atoms with Gasteiger partial charge in [-0.15, -0.1) is 0 Å². The fourth-order valence-electron chi connectivity index (χ4n) is 1.63. The van der Waals surface area contributed by atoms with E-state index in [1.807, 2.05) is 6.92 Å². The maximum atomic E-state index is 12.7. The Morgan fingerprint density at radius 1 is 1.50 bits per heavy atom. The number of alkyl halides is 2. The van der Waals surface area contributed by atoms with Gasteiger partial charge in [0, 0.05) is 13.0 Å². The zero-order chi connectivity index (χ0) is 7.78. The predicted molar refractivity (Wildman–Crippen MR) is 36.2 cm³/mol. The molecule has 1 atom stereocenters. The van der Waals surface area contributed by atoms with Crippen molar-refractivity contribution in [2.75, 3.05) is 20.1 Å².